The maximum atomic E-state index is 8.55. The largest absolute Gasteiger partial charge is 0.334 e. The number of hydroxylamine groups is 1. The summed E-state index contributed by atoms with van der Waals surface area (Å²) in [6.45, 7) is 1.79. The molecule has 1 aromatic heterocycles. The fourth-order valence-electron chi connectivity index (χ4n) is 1.46. The van der Waals surface area contributed by atoms with E-state index in [-0.39, 0.29) is 0 Å². The molecule has 6 nitrogen and oxygen atoms in total. The van der Waals surface area contributed by atoms with Gasteiger partial charge in [-0.1, -0.05) is 17.7 Å². The summed E-state index contributed by atoms with van der Waals surface area (Å²) in [5, 5.41) is 9.01. The van der Waals surface area contributed by atoms with Crippen LogP contribution in [0.3, 0.4) is 0 Å². The van der Waals surface area contributed by atoms with Crippen LogP contribution in [0, 0.1) is 11.5 Å². The number of aromatic nitrogens is 1. The first kappa shape index (κ1) is 11.6. The molecule has 7 heteroatoms. The second-order valence-corrected chi connectivity index (χ2v) is 3.78. The standard InChI is InChI=1S/C10H10ClN5O/c11-9-2-1-8(5-13-9)6-16-3-4-17-15-10(16)14-7-12/h1-2,5H,3-4,6H2,(H,14,15). The van der Waals surface area contributed by atoms with Gasteiger partial charge in [0.1, 0.15) is 5.15 Å². The van der Waals surface area contributed by atoms with E-state index in [0.29, 0.717) is 30.8 Å². The van der Waals surface area contributed by atoms with Crippen LogP contribution in [0.4, 0.5) is 0 Å². The number of pyridine rings is 1. The first-order chi connectivity index (χ1) is 8.29. The SMILES string of the molecule is N#CN=C1NOCCN1Cc1ccc(Cl)nc1. The molecule has 0 saturated carbocycles. The summed E-state index contributed by atoms with van der Waals surface area (Å²) in [5.41, 5.74) is 3.60. The topological polar surface area (TPSA) is 73.5 Å². The Labute approximate surface area is 103 Å². The van der Waals surface area contributed by atoms with Crippen LogP contribution in [0.25, 0.3) is 0 Å². The summed E-state index contributed by atoms with van der Waals surface area (Å²) >= 11 is 5.71. The number of nitrogens with one attached hydrogen (secondary N) is 1. The van der Waals surface area contributed by atoms with E-state index in [1.807, 2.05) is 11.0 Å². The lowest BCUT2D eigenvalue weighted by molar-refractivity contribution is 0.0359. The van der Waals surface area contributed by atoms with Gasteiger partial charge < -0.3 is 4.90 Å². The molecule has 1 aliphatic heterocycles. The highest BCUT2D eigenvalue weighted by atomic mass is 35.5. The second-order valence-electron chi connectivity index (χ2n) is 3.40. The average molecular weight is 252 g/mol. The summed E-state index contributed by atoms with van der Waals surface area (Å²) in [5.74, 6) is 0.411. The zero-order chi connectivity index (χ0) is 12.1. The Morgan fingerprint density at radius 3 is 3.24 bits per heavy atom. The molecule has 1 saturated heterocycles. The van der Waals surface area contributed by atoms with Gasteiger partial charge in [0.15, 0.2) is 0 Å². The summed E-state index contributed by atoms with van der Waals surface area (Å²) in [6.07, 6.45) is 3.43. The molecule has 2 heterocycles. The lowest BCUT2D eigenvalue weighted by Gasteiger charge is -2.29. The molecule has 0 radical (unpaired) electrons. The minimum Gasteiger partial charge on any atom is -0.334 e. The molecule has 1 aliphatic rings. The third-order valence-electron chi connectivity index (χ3n) is 2.24. The zero-order valence-corrected chi connectivity index (χ0v) is 9.68. The second kappa shape index (κ2) is 5.48. The van der Waals surface area contributed by atoms with Crippen LogP contribution >= 0.6 is 11.6 Å². The minimum absolute atomic E-state index is 0.411. The fraction of sp³-hybridized carbons (Fsp3) is 0.300. The lowest BCUT2D eigenvalue weighted by Crippen LogP contribution is -2.48. The number of rotatable bonds is 2. The van der Waals surface area contributed by atoms with E-state index < -0.39 is 0 Å². The van der Waals surface area contributed by atoms with Crippen LogP contribution in [0.1, 0.15) is 5.56 Å². The van der Waals surface area contributed by atoms with Crippen LogP contribution in [0.15, 0.2) is 23.3 Å². The predicted octanol–water partition coefficient (Wildman–Crippen LogP) is 0.909. The van der Waals surface area contributed by atoms with Gasteiger partial charge in [0.25, 0.3) is 0 Å². The van der Waals surface area contributed by atoms with Crippen LogP contribution in [0.5, 0.6) is 0 Å². The van der Waals surface area contributed by atoms with Crippen molar-refractivity contribution >= 4 is 17.6 Å². The molecule has 2 rings (SSSR count). The van der Waals surface area contributed by atoms with E-state index in [2.05, 4.69) is 15.5 Å². The molecule has 0 unspecified atom stereocenters. The van der Waals surface area contributed by atoms with Crippen molar-refractivity contribution in [2.24, 2.45) is 4.99 Å². The highest BCUT2D eigenvalue weighted by Crippen LogP contribution is 2.09. The molecule has 0 aromatic carbocycles. The fourth-order valence-corrected chi connectivity index (χ4v) is 1.57. The first-order valence-corrected chi connectivity index (χ1v) is 5.37. The third-order valence-corrected chi connectivity index (χ3v) is 2.47. The van der Waals surface area contributed by atoms with Gasteiger partial charge in [0, 0.05) is 19.3 Å². The summed E-state index contributed by atoms with van der Waals surface area (Å²) in [7, 11) is 0. The van der Waals surface area contributed by atoms with Crippen LogP contribution in [-0.4, -0.2) is 29.0 Å². The Bertz CT molecular complexity index is 453. The van der Waals surface area contributed by atoms with E-state index in [0.717, 1.165) is 5.56 Å². The summed E-state index contributed by atoms with van der Waals surface area (Å²) in [4.78, 5) is 14.6. The van der Waals surface area contributed by atoms with Gasteiger partial charge in [0.05, 0.1) is 6.61 Å². The number of guanidine groups is 1. The Balaban J connectivity index is 2.08. The van der Waals surface area contributed by atoms with Crippen molar-refractivity contribution in [3.63, 3.8) is 0 Å². The van der Waals surface area contributed by atoms with E-state index >= 15 is 0 Å². The molecule has 1 fully saturated rings. The Hall–Kier alpha value is -1.84. The number of hydrogen-bond acceptors (Lipinski definition) is 4. The maximum absolute atomic E-state index is 8.55. The highest BCUT2D eigenvalue weighted by molar-refractivity contribution is 6.29. The summed E-state index contributed by atoms with van der Waals surface area (Å²) < 4.78 is 0. The maximum Gasteiger partial charge on any atom is 0.234 e. The van der Waals surface area contributed by atoms with Gasteiger partial charge in [-0.15, -0.1) is 4.99 Å². The van der Waals surface area contributed by atoms with E-state index in [9.17, 15) is 0 Å². The average Bonchev–Trinajstić information content (AvgIpc) is 2.35. The van der Waals surface area contributed by atoms with Crippen LogP contribution in [-0.2, 0) is 11.4 Å². The van der Waals surface area contributed by atoms with Gasteiger partial charge in [-0.25, -0.2) is 10.5 Å². The smallest absolute Gasteiger partial charge is 0.234 e. The minimum atomic E-state index is 0.411. The van der Waals surface area contributed by atoms with Gasteiger partial charge in [-0.2, -0.15) is 5.26 Å². The molecule has 1 aromatic rings. The number of aliphatic imine (C=N–C) groups is 1. The van der Waals surface area contributed by atoms with E-state index in [1.165, 1.54) is 0 Å². The molecular formula is C10H10ClN5O. The third kappa shape index (κ3) is 3.06. The first-order valence-electron chi connectivity index (χ1n) is 4.99. The van der Waals surface area contributed by atoms with Crippen molar-refractivity contribution in [2.75, 3.05) is 13.2 Å². The predicted molar refractivity (Wildman–Crippen MR) is 61.8 cm³/mol. The van der Waals surface area contributed by atoms with Gasteiger partial charge in [-0.05, 0) is 11.6 Å². The van der Waals surface area contributed by atoms with Gasteiger partial charge >= 0.3 is 0 Å². The van der Waals surface area contributed by atoms with Crippen molar-refractivity contribution in [2.45, 2.75) is 6.54 Å². The highest BCUT2D eigenvalue weighted by Gasteiger charge is 2.17. The molecular weight excluding hydrogens is 242 g/mol. The summed E-state index contributed by atoms with van der Waals surface area (Å²) in [6, 6.07) is 3.61. The zero-order valence-electron chi connectivity index (χ0n) is 8.93. The van der Waals surface area contributed by atoms with Crippen LogP contribution < -0.4 is 5.48 Å². The number of nitriles is 1. The monoisotopic (exact) mass is 251 g/mol. The van der Waals surface area contributed by atoms with Crippen molar-refractivity contribution in [3.8, 4) is 6.19 Å². The van der Waals surface area contributed by atoms with Crippen molar-refractivity contribution in [1.29, 1.82) is 5.26 Å². The molecule has 0 atom stereocenters. The van der Waals surface area contributed by atoms with Gasteiger partial charge in [-0.3, -0.25) is 4.84 Å². The molecule has 0 aliphatic carbocycles. The van der Waals surface area contributed by atoms with E-state index in [1.54, 1.807) is 18.5 Å². The van der Waals surface area contributed by atoms with Crippen molar-refractivity contribution < 1.29 is 4.84 Å². The van der Waals surface area contributed by atoms with E-state index in [4.69, 9.17) is 21.7 Å². The number of nitrogens with zero attached hydrogens (tertiary/aromatic N) is 4. The van der Waals surface area contributed by atoms with Gasteiger partial charge in [0.2, 0.25) is 12.2 Å². The molecule has 1 N–H and O–H groups in total. The molecule has 0 bridgehead atoms. The number of hydrogen-bond donors (Lipinski definition) is 1. The molecule has 0 spiro atoms. The Kier molecular flexibility index (Phi) is 3.75. The molecule has 17 heavy (non-hydrogen) atoms. The molecule has 0 amide bonds. The van der Waals surface area contributed by atoms with Crippen LogP contribution in [0.2, 0.25) is 5.15 Å². The number of halogens is 1. The Morgan fingerprint density at radius 1 is 1.65 bits per heavy atom. The Morgan fingerprint density at radius 2 is 2.53 bits per heavy atom. The normalized spacial score (nSPS) is 17.6. The lowest BCUT2D eigenvalue weighted by atomic mass is 10.2. The van der Waals surface area contributed by atoms with Crippen molar-refractivity contribution in [3.05, 3.63) is 29.0 Å². The quantitative estimate of drug-likeness (QED) is 0.625. The van der Waals surface area contributed by atoms with Crippen molar-refractivity contribution in [1.82, 2.24) is 15.4 Å². The molecule has 88 valence electrons.